The summed E-state index contributed by atoms with van der Waals surface area (Å²) in [5.74, 6) is 0.410. The van der Waals surface area contributed by atoms with Gasteiger partial charge in [-0.2, -0.15) is 0 Å². The number of nitrogens with one attached hydrogen (secondary N) is 1. The second-order valence-corrected chi connectivity index (χ2v) is 4.07. The van der Waals surface area contributed by atoms with Crippen molar-refractivity contribution < 1.29 is 13.5 Å². The molecule has 0 radical (unpaired) electrons. The lowest BCUT2D eigenvalue weighted by Gasteiger charge is -2.18. The van der Waals surface area contributed by atoms with Gasteiger partial charge in [-0.3, -0.25) is 0 Å². The number of alkyl halides is 2. The van der Waals surface area contributed by atoms with Gasteiger partial charge in [-0.1, -0.05) is 24.6 Å². The molecule has 96 valence electrons. The quantitative estimate of drug-likeness (QED) is 0.846. The van der Waals surface area contributed by atoms with E-state index in [9.17, 15) is 8.78 Å². The van der Waals surface area contributed by atoms with Gasteiger partial charge in [0.1, 0.15) is 5.75 Å². The van der Waals surface area contributed by atoms with Gasteiger partial charge in [-0.05, 0) is 30.7 Å². The van der Waals surface area contributed by atoms with E-state index in [1.54, 1.807) is 18.2 Å². The topological polar surface area (TPSA) is 21.3 Å². The fraction of sp³-hybridized carbons (Fsp3) is 0.500. The zero-order chi connectivity index (χ0) is 12.8. The molecular formula is C12H16ClF2NO. The number of methoxy groups -OCH3 is 1. The van der Waals surface area contributed by atoms with Crippen molar-refractivity contribution in [2.24, 2.45) is 0 Å². The molecule has 0 aliphatic heterocycles. The van der Waals surface area contributed by atoms with E-state index in [1.807, 2.05) is 6.92 Å². The lowest BCUT2D eigenvalue weighted by Crippen LogP contribution is -2.28. The summed E-state index contributed by atoms with van der Waals surface area (Å²) in [6, 6.07) is 3.71. The third-order valence-electron chi connectivity index (χ3n) is 2.40. The molecule has 0 aliphatic carbocycles. The van der Waals surface area contributed by atoms with Crippen molar-refractivity contribution >= 4 is 11.6 Å². The molecule has 1 atom stereocenters. The maximum atomic E-state index is 12.9. The molecule has 1 unspecified atom stereocenters. The summed E-state index contributed by atoms with van der Waals surface area (Å²) < 4.78 is 30.8. The molecule has 0 heterocycles. The van der Waals surface area contributed by atoms with Gasteiger partial charge in [0.2, 0.25) is 0 Å². The van der Waals surface area contributed by atoms with Gasteiger partial charge in [0.25, 0.3) is 6.43 Å². The van der Waals surface area contributed by atoms with Gasteiger partial charge >= 0.3 is 0 Å². The largest absolute Gasteiger partial charge is 0.495 e. The minimum absolute atomic E-state index is 0.410. The monoisotopic (exact) mass is 263 g/mol. The van der Waals surface area contributed by atoms with Crippen LogP contribution in [0.4, 0.5) is 8.78 Å². The standard InChI is InChI=1S/C12H16ClF2NO/c1-3-6-16-11(12(14)15)8-4-5-9(13)10(7-8)17-2/h4-5,7,11-12,16H,3,6H2,1-2H3. The van der Waals surface area contributed by atoms with E-state index in [0.29, 0.717) is 22.9 Å². The molecule has 0 saturated heterocycles. The fourth-order valence-corrected chi connectivity index (χ4v) is 1.72. The molecular weight excluding hydrogens is 248 g/mol. The maximum absolute atomic E-state index is 12.9. The molecule has 0 aliphatic rings. The van der Waals surface area contributed by atoms with Crippen LogP contribution in [0.2, 0.25) is 5.02 Å². The van der Waals surface area contributed by atoms with E-state index in [4.69, 9.17) is 16.3 Å². The molecule has 0 amide bonds. The summed E-state index contributed by atoms with van der Waals surface area (Å²) in [5, 5.41) is 3.22. The van der Waals surface area contributed by atoms with E-state index in [2.05, 4.69) is 5.32 Å². The van der Waals surface area contributed by atoms with Crippen molar-refractivity contribution in [1.82, 2.24) is 5.32 Å². The van der Waals surface area contributed by atoms with Gasteiger partial charge in [0.05, 0.1) is 18.2 Å². The van der Waals surface area contributed by atoms with Crippen molar-refractivity contribution in [1.29, 1.82) is 0 Å². The first-order chi connectivity index (χ1) is 8.10. The average molecular weight is 264 g/mol. The van der Waals surface area contributed by atoms with Gasteiger partial charge in [-0.25, -0.2) is 8.78 Å². The second-order valence-electron chi connectivity index (χ2n) is 3.66. The highest BCUT2D eigenvalue weighted by molar-refractivity contribution is 6.32. The van der Waals surface area contributed by atoms with Crippen LogP contribution in [0.15, 0.2) is 18.2 Å². The molecule has 0 spiro atoms. The molecule has 0 aromatic heterocycles. The smallest absolute Gasteiger partial charge is 0.257 e. The number of benzene rings is 1. The highest BCUT2D eigenvalue weighted by Gasteiger charge is 2.22. The van der Waals surface area contributed by atoms with Crippen LogP contribution in [-0.4, -0.2) is 20.1 Å². The fourth-order valence-electron chi connectivity index (χ4n) is 1.52. The van der Waals surface area contributed by atoms with Gasteiger partial charge in [-0.15, -0.1) is 0 Å². The molecule has 17 heavy (non-hydrogen) atoms. The number of hydrogen-bond donors (Lipinski definition) is 1. The van der Waals surface area contributed by atoms with E-state index in [1.165, 1.54) is 7.11 Å². The van der Waals surface area contributed by atoms with E-state index < -0.39 is 12.5 Å². The Hall–Kier alpha value is -0.870. The van der Waals surface area contributed by atoms with Crippen LogP contribution in [0.3, 0.4) is 0 Å². The predicted octanol–water partition coefficient (Wildman–Crippen LogP) is 3.65. The highest BCUT2D eigenvalue weighted by Crippen LogP contribution is 2.29. The molecule has 1 aromatic rings. The normalized spacial score (nSPS) is 12.8. The first kappa shape index (κ1) is 14.2. The van der Waals surface area contributed by atoms with Crippen LogP contribution in [0.25, 0.3) is 0 Å². The zero-order valence-corrected chi connectivity index (χ0v) is 10.6. The van der Waals surface area contributed by atoms with Crippen molar-refractivity contribution in [2.75, 3.05) is 13.7 Å². The number of rotatable bonds is 6. The first-order valence-electron chi connectivity index (χ1n) is 5.45. The van der Waals surface area contributed by atoms with Crippen LogP contribution in [0, 0.1) is 0 Å². The molecule has 1 N–H and O–H groups in total. The Morgan fingerprint density at radius 3 is 2.65 bits per heavy atom. The Bertz CT molecular complexity index is 360. The first-order valence-corrected chi connectivity index (χ1v) is 5.83. The van der Waals surface area contributed by atoms with Crippen LogP contribution in [0.5, 0.6) is 5.75 Å². The number of hydrogen-bond acceptors (Lipinski definition) is 2. The van der Waals surface area contributed by atoms with Crippen molar-refractivity contribution in [3.8, 4) is 5.75 Å². The summed E-state index contributed by atoms with van der Waals surface area (Å²) in [6.07, 6.45) is -1.67. The second kappa shape index (κ2) is 6.77. The SMILES string of the molecule is CCCNC(c1ccc(Cl)c(OC)c1)C(F)F. The third-order valence-corrected chi connectivity index (χ3v) is 2.71. The molecule has 2 nitrogen and oxygen atoms in total. The number of halogens is 3. The van der Waals surface area contributed by atoms with Crippen molar-refractivity contribution in [2.45, 2.75) is 25.8 Å². The Morgan fingerprint density at radius 2 is 2.12 bits per heavy atom. The van der Waals surface area contributed by atoms with Crippen molar-refractivity contribution in [3.05, 3.63) is 28.8 Å². The van der Waals surface area contributed by atoms with E-state index in [0.717, 1.165) is 6.42 Å². The van der Waals surface area contributed by atoms with Crippen molar-refractivity contribution in [3.63, 3.8) is 0 Å². The third kappa shape index (κ3) is 3.82. The predicted molar refractivity (Wildman–Crippen MR) is 65.0 cm³/mol. The van der Waals surface area contributed by atoms with E-state index in [-0.39, 0.29) is 0 Å². The summed E-state index contributed by atoms with van der Waals surface area (Å²) in [5.41, 5.74) is 0.481. The highest BCUT2D eigenvalue weighted by atomic mass is 35.5. The van der Waals surface area contributed by atoms with Crippen LogP contribution < -0.4 is 10.1 Å². The molecule has 1 rings (SSSR count). The van der Waals surface area contributed by atoms with Crippen LogP contribution >= 0.6 is 11.6 Å². The Morgan fingerprint density at radius 1 is 1.41 bits per heavy atom. The Kier molecular flexibility index (Phi) is 5.65. The van der Waals surface area contributed by atoms with E-state index >= 15 is 0 Å². The lowest BCUT2D eigenvalue weighted by atomic mass is 10.1. The maximum Gasteiger partial charge on any atom is 0.257 e. The molecule has 0 bridgehead atoms. The Labute approximate surface area is 105 Å². The summed E-state index contributed by atoms with van der Waals surface area (Å²) >= 11 is 5.85. The van der Waals surface area contributed by atoms with Gasteiger partial charge in [0, 0.05) is 0 Å². The average Bonchev–Trinajstić information content (AvgIpc) is 2.31. The Balaban J connectivity index is 2.93. The molecule has 1 aromatic carbocycles. The summed E-state index contributed by atoms with van der Waals surface area (Å²) in [7, 11) is 1.46. The van der Waals surface area contributed by atoms with Gasteiger partial charge in [0.15, 0.2) is 0 Å². The lowest BCUT2D eigenvalue weighted by molar-refractivity contribution is 0.0984. The zero-order valence-electron chi connectivity index (χ0n) is 9.84. The summed E-state index contributed by atoms with van der Waals surface area (Å²) in [4.78, 5) is 0. The minimum atomic E-state index is -2.47. The molecule has 0 fully saturated rings. The van der Waals surface area contributed by atoms with Crippen LogP contribution in [0.1, 0.15) is 24.9 Å². The molecule has 0 saturated carbocycles. The number of ether oxygens (including phenoxy) is 1. The summed E-state index contributed by atoms with van der Waals surface area (Å²) in [6.45, 7) is 2.47. The van der Waals surface area contributed by atoms with Gasteiger partial charge < -0.3 is 10.1 Å². The molecule has 5 heteroatoms. The minimum Gasteiger partial charge on any atom is -0.495 e. The van der Waals surface area contributed by atoms with Crippen LogP contribution in [-0.2, 0) is 0 Å².